The van der Waals surface area contributed by atoms with Crippen molar-refractivity contribution in [3.05, 3.63) is 36.3 Å². The number of nitrogens with one attached hydrogen (secondary N) is 1. The number of rotatable bonds is 6. The molecule has 5 nitrogen and oxygen atoms in total. The highest BCUT2D eigenvalue weighted by Crippen LogP contribution is 2.18. The van der Waals surface area contributed by atoms with E-state index >= 15 is 0 Å². The summed E-state index contributed by atoms with van der Waals surface area (Å²) in [5.74, 6) is 2.66. The zero-order valence-corrected chi connectivity index (χ0v) is 14.9. The molecule has 1 atom stereocenters. The number of aliphatic imine (C=N–C) groups is 1. The fourth-order valence-electron chi connectivity index (χ4n) is 3.31. The van der Waals surface area contributed by atoms with Crippen molar-refractivity contribution in [2.75, 3.05) is 39.3 Å². The quantitative estimate of drug-likeness (QED) is 0.494. The van der Waals surface area contributed by atoms with E-state index in [4.69, 9.17) is 9.41 Å². The van der Waals surface area contributed by atoms with Crippen molar-refractivity contribution in [3.63, 3.8) is 0 Å². The van der Waals surface area contributed by atoms with Gasteiger partial charge >= 0.3 is 0 Å². The van der Waals surface area contributed by atoms with Crippen LogP contribution in [-0.2, 0) is 6.42 Å². The first-order valence-electron chi connectivity index (χ1n) is 9.17. The predicted octanol–water partition coefficient (Wildman–Crippen LogP) is 2.37. The lowest BCUT2D eigenvalue weighted by Crippen LogP contribution is -2.43. The lowest BCUT2D eigenvalue weighted by molar-refractivity contribution is 0.259. The summed E-state index contributed by atoms with van der Waals surface area (Å²) in [6.45, 7) is 10.5. The first-order chi connectivity index (χ1) is 11.7. The second-order valence-corrected chi connectivity index (χ2v) is 7.13. The van der Waals surface area contributed by atoms with E-state index in [2.05, 4.69) is 41.1 Å². The van der Waals surface area contributed by atoms with E-state index in [0.717, 1.165) is 57.4 Å². The van der Waals surface area contributed by atoms with Gasteiger partial charge in [-0.1, -0.05) is 26.0 Å². The van der Waals surface area contributed by atoms with Crippen molar-refractivity contribution in [3.8, 4) is 0 Å². The monoisotopic (exact) mass is 330 g/mol. The summed E-state index contributed by atoms with van der Waals surface area (Å²) in [4.78, 5) is 9.83. The molecule has 2 aliphatic rings. The number of hydrogen-bond acceptors (Lipinski definition) is 3. The van der Waals surface area contributed by atoms with Gasteiger partial charge in [0.25, 0.3) is 0 Å². The minimum atomic E-state index is 0.577. The van der Waals surface area contributed by atoms with Crippen LogP contribution in [-0.4, -0.2) is 61.1 Å². The average Bonchev–Trinajstić information content (AvgIpc) is 3.32. The van der Waals surface area contributed by atoms with E-state index < -0.39 is 0 Å². The number of nitrogens with zero attached hydrogens (tertiary/aromatic N) is 3. The van der Waals surface area contributed by atoms with E-state index in [1.54, 1.807) is 6.26 Å². The van der Waals surface area contributed by atoms with Gasteiger partial charge in [-0.25, -0.2) is 0 Å². The zero-order chi connectivity index (χ0) is 16.8. The molecule has 5 heteroatoms. The molecule has 0 aliphatic carbocycles. The third-order valence-corrected chi connectivity index (χ3v) is 4.67. The molecule has 3 rings (SSSR count). The zero-order valence-electron chi connectivity index (χ0n) is 14.9. The van der Waals surface area contributed by atoms with Gasteiger partial charge in [-0.2, -0.15) is 0 Å². The Morgan fingerprint density at radius 1 is 1.38 bits per heavy atom. The molecule has 0 spiro atoms. The van der Waals surface area contributed by atoms with Gasteiger partial charge in [-0.15, -0.1) is 0 Å². The van der Waals surface area contributed by atoms with Crippen molar-refractivity contribution in [1.29, 1.82) is 0 Å². The summed E-state index contributed by atoms with van der Waals surface area (Å²) in [7, 11) is 0. The molecule has 3 heterocycles. The smallest absolute Gasteiger partial charge is 0.193 e. The van der Waals surface area contributed by atoms with Gasteiger partial charge in [-0.3, -0.25) is 9.89 Å². The summed E-state index contributed by atoms with van der Waals surface area (Å²) in [6, 6.07) is 4.62. The number of likely N-dealkylation sites (tertiary alicyclic amines) is 1. The minimum Gasteiger partial charge on any atom is -0.469 e. The molecule has 132 valence electrons. The third-order valence-electron chi connectivity index (χ3n) is 4.67. The largest absolute Gasteiger partial charge is 0.469 e. The second kappa shape index (κ2) is 8.38. The summed E-state index contributed by atoms with van der Waals surface area (Å²) < 4.78 is 5.42. The molecule has 24 heavy (non-hydrogen) atoms. The first kappa shape index (κ1) is 17.1. The second-order valence-electron chi connectivity index (χ2n) is 7.13. The van der Waals surface area contributed by atoms with E-state index in [0.29, 0.717) is 12.0 Å². The predicted molar refractivity (Wildman–Crippen MR) is 98.2 cm³/mol. The van der Waals surface area contributed by atoms with E-state index in [9.17, 15) is 0 Å². The topological polar surface area (TPSA) is 44.0 Å². The lowest BCUT2D eigenvalue weighted by atomic mass is 10.2. The van der Waals surface area contributed by atoms with Gasteiger partial charge in [-0.05, 0) is 24.5 Å². The first-order valence-corrected chi connectivity index (χ1v) is 9.17. The highest BCUT2D eigenvalue weighted by Gasteiger charge is 2.29. The van der Waals surface area contributed by atoms with Gasteiger partial charge in [0.1, 0.15) is 5.76 Å². The standard InChI is InChI=1S/C19H30N4O/c1-16(2)14-21-19(20-9-7-18-6-5-13-24-18)23-12-8-17(15-23)22-10-3-4-11-22/h3-6,13,16-17H,7-12,14-15H2,1-2H3,(H,20,21). The molecule has 0 bridgehead atoms. The number of furan rings is 1. The van der Waals surface area contributed by atoms with Gasteiger partial charge in [0.05, 0.1) is 6.26 Å². The van der Waals surface area contributed by atoms with Crippen LogP contribution >= 0.6 is 0 Å². The fraction of sp³-hybridized carbons (Fsp3) is 0.632. The summed E-state index contributed by atoms with van der Waals surface area (Å²) in [5.41, 5.74) is 0. The van der Waals surface area contributed by atoms with Crippen molar-refractivity contribution >= 4 is 5.96 Å². The Kier molecular flexibility index (Phi) is 5.96. The summed E-state index contributed by atoms with van der Waals surface area (Å²) in [5, 5.41) is 3.55. The van der Waals surface area contributed by atoms with Gasteiger partial charge in [0, 0.05) is 51.7 Å². The molecule has 1 N–H and O–H groups in total. The Balaban J connectivity index is 1.54. The van der Waals surface area contributed by atoms with Crippen LogP contribution in [0.1, 0.15) is 26.0 Å². The Morgan fingerprint density at radius 3 is 2.92 bits per heavy atom. The molecule has 1 aromatic rings. The summed E-state index contributed by atoms with van der Waals surface area (Å²) >= 11 is 0. The summed E-state index contributed by atoms with van der Waals surface area (Å²) in [6.07, 6.45) is 8.40. The average molecular weight is 330 g/mol. The molecule has 0 aromatic carbocycles. The Hall–Kier alpha value is -1.75. The van der Waals surface area contributed by atoms with Crippen LogP contribution in [0, 0.1) is 5.92 Å². The van der Waals surface area contributed by atoms with Crippen molar-refractivity contribution in [2.24, 2.45) is 10.9 Å². The molecule has 1 aromatic heterocycles. The maximum absolute atomic E-state index is 5.42. The van der Waals surface area contributed by atoms with Crippen LogP contribution in [0.25, 0.3) is 0 Å². The van der Waals surface area contributed by atoms with Crippen LogP contribution < -0.4 is 5.32 Å². The normalized spacial score (nSPS) is 22.0. The third kappa shape index (κ3) is 4.63. The van der Waals surface area contributed by atoms with E-state index in [1.807, 2.05) is 12.1 Å². The molecule has 2 aliphatic heterocycles. The SMILES string of the molecule is CC(C)CN=C(NCCc1ccco1)N1CCC(N2CC=CC2)C1. The lowest BCUT2D eigenvalue weighted by Gasteiger charge is -2.26. The fourth-order valence-corrected chi connectivity index (χ4v) is 3.31. The van der Waals surface area contributed by atoms with Gasteiger partial charge in [0.2, 0.25) is 0 Å². The van der Waals surface area contributed by atoms with E-state index in [1.165, 1.54) is 6.42 Å². The molecular formula is C19H30N4O. The Labute approximate surface area is 145 Å². The maximum atomic E-state index is 5.42. The van der Waals surface area contributed by atoms with Crippen LogP contribution in [0.3, 0.4) is 0 Å². The van der Waals surface area contributed by atoms with Gasteiger partial charge in [0.15, 0.2) is 5.96 Å². The number of hydrogen-bond donors (Lipinski definition) is 1. The highest BCUT2D eigenvalue weighted by atomic mass is 16.3. The molecule has 0 amide bonds. The van der Waals surface area contributed by atoms with Crippen LogP contribution in [0.4, 0.5) is 0 Å². The molecule has 0 saturated carbocycles. The van der Waals surface area contributed by atoms with Crippen LogP contribution in [0.5, 0.6) is 0 Å². The highest BCUT2D eigenvalue weighted by molar-refractivity contribution is 5.80. The number of guanidine groups is 1. The minimum absolute atomic E-state index is 0.577. The molecule has 0 radical (unpaired) electrons. The molecule has 1 unspecified atom stereocenters. The Bertz CT molecular complexity index is 542. The molecular weight excluding hydrogens is 300 g/mol. The molecule has 1 saturated heterocycles. The van der Waals surface area contributed by atoms with Gasteiger partial charge < -0.3 is 14.6 Å². The Morgan fingerprint density at radius 2 is 2.21 bits per heavy atom. The van der Waals surface area contributed by atoms with E-state index in [-0.39, 0.29) is 0 Å². The van der Waals surface area contributed by atoms with Crippen LogP contribution in [0.2, 0.25) is 0 Å². The van der Waals surface area contributed by atoms with Crippen LogP contribution in [0.15, 0.2) is 40.0 Å². The van der Waals surface area contributed by atoms with Crippen molar-refractivity contribution in [1.82, 2.24) is 15.1 Å². The molecule has 1 fully saturated rings. The van der Waals surface area contributed by atoms with Crippen molar-refractivity contribution < 1.29 is 4.42 Å². The van der Waals surface area contributed by atoms with Crippen molar-refractivity contribution in [2.45, 2.75) is 32.7 Å². The maximum Gasteiger partial charge on any atom is 0.193 e.